The van der Waals surface area contributed by atoms with Crippen LogP contribution in [-0.2, 0) is 4.74 Å². The van der Waals surface area contributed by atoms with Crippen LogP contribution in [-0.4, -0.2) is 56.9 Å². The maximum atomic E-state index is 13.8. The summed E-state index contributed by atoms with van der Waals surface area (Å²) in [4.78, 5) is 10.4. The molecule has 0 aliphatic carbocycles. The van der Waals surface area contributed by atoms with Gasteiger partial charge in [0.15, 0.2) is 17.6 Å². The second-order valence-electron chi connectivity index (χ2n) is 5.79. The van der Waals surface area contributed by atoms with E-state index >= 15 is 0 Å². The summed E-state index contributed by atoms with van der Waals surface area (Å²) < 4.78 is 19.1. The Morgan fingerprint density at radius 2 is 2.38 bits per heavy atom. The lowest BCUT2D eigenvalue weighted by Crippen LogP contribution is -2.45. The number of aliphatic imine (C=N–C) groups is 1. The average molecular weight is 337 g/mol. The Labute approximate surface area is 143 Å². The molecule has 1 saturated heterocycles. The van der Waals surface area contributed by atoms with Crippen molar-refractivity contribution in [2.75, 3.05) is 44.8 Å². The van der Waals surface area contributed by atoms with Crippen molar-refractivity contribution in [2.24, 2.45) is 4.99 Å². The molecule has 1 aliphatic heterocycles. The van der Waals surface area contributed by atoms with Gasteiger partial charge in [-0.05, 0) is 38.3 Å². The number of anilines is 1. The molecule has 6 nitrogen and oxygen atoms in total. The van der Waals surface area contributed by atoms with Gasteiger partial charge in [0, 0.05) is 52.1 Å². The quantitative estimate of drug-likeness (QED) is 0.430. The number of ether oxygens (including phenoxy) is 1. The lowest BCUT2D eigenvalue weighted by molar-refractivity contribution is 0.143. The highest BCUT2D eigenvalue weighted by Gasteiger charge is 2.25. The largest absolute Gasteiger partial charge is 0.382 e. The zero-order chi connectivity index (χ0) is 17.2. The lowest BCUT2D eigenvalue weighted by Gasteiger charge is -2.20. The van der Waals surface area contributed by atoms with Crippen molar-refractivity contribution in [1.82, 2.24) is 15.6 Å². The Kier molecular flexibility index (Phi) is 7.74. The molecular formula is C17H28FN5O. The number of hydrogen-bond donors (Lipinski definition) is 2. The van der Waals surface area contributed by atoms with Crippen LogP contribution in [0.5, 0.6) is 0 Å². The minimum Gasteiger partial charge on any atom is -0.382 e. The second kappa shape index (κ2) is 10.1. The molecule has 2 N–H and O–H groups in total. The van der Waals surface area contributed by atoms with Crippen molar-refractivity contribution in [2.45, 2.75) is 32.2 Å². The summed E-state index contributed by atoms with van der Waals surface area (Å²) in [5.74, 6) is 0.954. The molecule has 134 valence electrons. The summed E-state index contributed by atoms with van der Waals surface area (Å²) in [6.07, 6.45) is 4.63. The van der Waals surface area contributed by atoms with Gasteiger partial charge in [0.25, 0.3) is 0 Å². The topological polar surface area (TPSA) is 61.8 Å². The first-order valence-corrected chi connectivity index (χ1v) is 8.65. The van der Waals surface area contributed by atoms with Crippen LogP contribution in [0.15, 0.2) is 23.3 Å². The third-order valence-corrected chi connectivity index (χ3v) is 4.00. The third-order valence-electron chi connectivity index (χ3n) is 4.00. The van der Waals surface area contributed by atoms with Gasteiger partial charge in [-0.3, -0.25) is 4.99 Å². The molecule has 1 aromatic rings. The standard InChI is InChI=1S/C17H28FN5O/c1-3-24-12-5-4-9-21-17(19-2)22-14-8-11-23(13-14)16-15(18)7-6-10-20-16/h6-7,10,14H,3-5,8-9,11-13H2,1-2H3,(H2,19,21,22). The molecule has 2 rings (SSSR count). The van der Waals surface area contributed by atoms with Gasteiger partial charge >= 0.3 is 0 Å². The van der Waals surface area contributed by atoms with Gasteiger partial charge in [-0.2, -0.15) is 0 Å². The number of guanidine groups is 1. The first kappa shape index (κ1) is 18.4. The van der Waals surface area contributed by atoms with E-state index in [1.165, 1.54) is 6.07 Å². The minimum atomic E-state index is -0.269. The van der Waals surface area contributed by atoms with Crippen LogP contribution < -0.4 is 15.5 Å². The molecule has 1 fully saturated rings. The monoisotopic (exact) mass is 337 g/mol. The zero-order valence-electron chi connectivity index (χ0n) is 14.6. The minimum absolute atomic E-state index is 0.237. The summed E-state index contributed by atoms with van der Waals surface area (Å²) in [7, 11) is 1.76. The molecule has 1 atom stereocenters. The Morgan fingerprint density at radius 1 is 1.50 bits per heavy atom. The van der Waals surface area contributed by atoms with Gasteiger partial charge in [-0.15, -0.1) is 0 Å². The summed E-state index contributed by atoms with van der Waals surface area (Å²) in [5, 5.41) is 6.72. The van der Waals surface area contributed by atoms with Crippen LogP contribution in [0.2, 0.25) is 0 Å². The van der Waals surface area contributed by atoms with Crippen LogP contribution in [0.4, 0.5) is 10.2 Å². The normalized spacial score (nSPS) is 18.0. The number of rotatable bonds is 8. The first-order chi connectivity index (χ1) is 11.7. The molecule has 2 heterocycles. The van der Waals surface area contributed by atoms with E-state index in [9.17, 15) is 4.39 Å². The molecule has 0 bridgehead atoms. The molecular weight excluding hydrogens is 309 g/mol. The first-order valence-electron chi connectivity index (χ1n) is 8.65. The van der Waals surface area contributed by atoms with E-state index in [-0.39, 0.29) is 11.9 Å². The van der Waals surface area contributed by atoms with Gasteiger partial charge < -0.3 is 20.3 Å². The average Bonchev–Trinajstić information content (AvgIpc) is 3.05. The van der Waals surface area contributed by atoms with Crippen LogP contribution in [0, 0.1) is 5.82 Å². The van der Waals surface area contributed by atoms with Crippen molar-refractivity contribution < 1.29 is 9.13 Å². The molecule has 7 heteroatoms. The smallest absolute Gasteiger partial charge is 0.191 e. The van der Waals surface area contributed by atoms with Gasteiger partial charge in [0.05, 0.1) is 0 Å². The number of aromatic nitrogens is 1. The molecule has 0 spiro atoms. The van der Waals surface area contributed by atoms with Crippen molar-refractivity contribution in [3.8, 4) is 0 Å². The molecule has 1 aromatic heterocycles. The molecule has 1 unspecified atom stereocenters. The van der Waals surface area contributed by atoms with Crippen LogP contribution in [0.1, 0.15) is 26.2 Å². The fourth-order valence-corrected chi connectivity index (χ4v) is 2.75. The van der Waals surface area contributed by atoms with Gasteiger partial charge in [0.2, 0.25) is 0 Å². The number of nitrogens with zero attached hydrogens (tertiary/aromatic N) is 3. The number of nitrogens with one attached hydrogen (secondary N) is 2. The Bertz CT molecular complexity index is 525. The number of pyridine rings is 1. The number of halogens is 1. The Hall–Kier alpha value is -1.89. The van der Waals surface area contributed by atoms with Gasteiger partial charge in [0.1, 0.15) is 0 Å². The fourth-order valence-electron chi connectivity index (χ4n) is 2.75. The summed E-state index contributed by atoms with van der Waals surface area (Å²) in [6, 6.07) is 3.30. The van der Waals surface area contributed by atoms with Gasteiger partial charge in [-0.25, -0.2) is 9.37 Å². The van der Waals surface area contributed by atoms with Crippen molar-refractivity contribution in [1.29, 1.82) is 0 Å². The van der Waals surface area contributed by atoms with E-state index in [4.69, 9.17) is 4.74 Å². The highest BCUT2D eigenvalue weighted by atomic mass is 19.1. The van der Waals surface area contributed by atoms with Crippen LogP contribution in [0.3, 0.4) is 0 Å². The summed E-state index contributed by atoms with van der Waals surface area (Å²) in [6.45, 7) is 5.95. The maximum absolute atomic E-state index is 13.8. The highest BCUT2D eigenvalue weighted by molar-refractivity contribution is 5.80. The predicted octanol–water partition coefficient (Wildman–Crippen LogP) is 1.78. The SMILES string of the molecule is CCOCCCCNC(=NC)NC1CCN(c2ncccc2F)C1. The van der Waals surface area contributed by atoms with E-state index in [0.29, 0.717) is 5.82 Å². The van der Waals surface area contributed by atoms with E-state index in [1.54, 1.807) is 19.3 Å². The fraction of sp³-hybridized carbons (Fsp3) is 0.647. The highest BCUT2D eigenvalue weighted by Crippen LogP contribution is 2.20. The van der Waals surface area contributed by atoms with Crippen molar-refractivity contribution in [3.63, 3.8) is 0 Å². The third kappa shape index (κ3) is 5.63. The van der Waals surface area contributed by atoms with Gasteiger partial charge in [-0.1, -0.05) is 0 Å². The van der Waals surface area contributed by atoms with E-state index in [0.717, 1.165) is 58.1 Å². The van der Waals surface area contributed by atoms with Crippen LogP contribution >= 0.6 is 0 Å². The Morgan fingerprint density at radius 3 is 3.12 bits per heavy atom. The van der Waals surface area contributed by atoms with Crippen molar-refractivity contribution in [3.05, 3.63) is 24.1 Å². The molecule has 24 heavy (non-hydrogen) atoms. The molecule has 0 radical (unpaired) electrons. The van der Waals surface area contributed by atoms with E-state index < -0.39 is 0 Å². The van der Waals surface area contributed by atoms with Crippen LogP contribution in [0.25, 0.3) is 0 Å². The number of unbranched alkanes of at least 4 members (excludes halogenated alkanes) is 1. The van der Waals surface area contributed by atoms with E-state index in [1.807, 2.05) is 11.8 Å². The Balaban J connectivity index is 1.72. The molecule has 1 aliphatic rings. The summed E-state index contributed by atoms with van der Waals surface area (Å²) in [5.41, 5.74) is 0. The number of hydrogen-bond acceptors (Lipinski definition) is 4. The predicted molar refractivity (Wildman–Crippen MR) is 95.0 cm³/mol. The molecule has 0 saturated carbocycles. The summed E-state index contributed by atoms with van der Waals surface area (Å²) >= 11 is 0. The molecule has 0 amide bonds. The lowest BCUT2D eigenvalue weighted by atomic mass is 10.3. The second-order valence-corrected chi connectivity index (χ2v) is 5.79. The zero-order valence-corrected chi connectivity index (χ0v) is 14.6. The van der Waals surface area contributed by atoms with Crippen molar-refractivity contribution >= 4 is 11.8 Å². The van der Waals surface area contributed by atoms with E-state index in [2.05, 4.69) is 20.6 Å². The maximum Gasteiger partial charge on any atom is 0.191 e. The molecule has 0 aromatic carbocycles.